The minimum absolute atomic E-state index is 0.105. The lowest BCUT2D eigenvalue weighted by molar-refractivity contribution is 0.103. The number of thiophene rings is 1. The normalized spacial score (nSPS) is 11.0. The second kappa shape index (κ2) is 6.46. The van der Waals surface area contributed by atoms with Crippen LogP contribution < -0.4 is 5.32 Å². The van der Waals surface area contributed by atoms with Crippen molar-refractivity contribution in [1.82, 2.24) is 9.38 Å². The Bertz CT molecular complexity index is 1070. The van der Waals surface area contributed by atoms with Gasteiger partial charge in [0, 0.05) is 33.5 Å². The van der Waals surface area contributed by atoms with Gasteiger partial charge in [0.1, 0.15) is 5.65 Å². The number of fused-ring (bicyclic) bond motifs is 1. The summed E-state index contributed by atoms with van der Waals surface area (Å²) >= 11 is 4.77. The van der Waals surface area contributed by atoms with Crippen molar-refractivity contribution in [2.24, 2.45) is 0 Å². The fraction of sp³-hybridized carbons (Fsp3) is 0.0526. The first-order chi connectivity index (χ1) is 12.1. The monoisotopic (exact) mass is 411 g/mol. The van der Waals surface area contributed by atoms with Crippen LogP contribution in [0.5, 0.6) is 0 Å². The largest absolute Gasteiger partial charge is 0.321 e. The zero-order valence-corrected chi connectivity index (χ0v) is 15.8. The van der Waals surface area contributed by atoms with Crippen LogP contribution in [0.25, 0.3) is 16.9 Å². The molecule has 1 amide bonds. The van der Waals surface area contributed by atoms with Crippen LogP contribution >= 0.6 is 27.3 Å². The highest BCUT2D eigenvalue weighted by atomic mass is 79.9. The average molecular weight is 412 g/mol. The molecule has 3 heterocycles. The number of carbonyl (C=O) groups excluding carboxylic acids is 1. The van der Waals surface area contributed by atoms with Crippen molar-refractivity contribution in [1.29, 1.82) is 0 Å². The second-order valence-corrected chi connectivity index (χ2v) is 7.54. The van der Waals surface area contributed by atoms with Gasteiger partial charge in [-0.15, -0.1) is 11.3 Å². The Hall–Kier alpha value is -2.44. The van der Waals surface area contributed by atoms with Gasteiger partial charge in [-0.25, -0.2) is 4.98 Å². The zero-order valence-electron chi connectivity index (χ0n) is 13.4. The maximum absolute atomic E-state index is 12.2. The number of rotatable bonds is 3. The lowest BCUT2D eigenvalue weighted by Gasteiger charge is -2.04. The molecule has 0 saturated heterocycles. The molecule has 0 aliphatic rings. The molecule has 1 aromatic carbocycles. The van der Waals surface area contributed by atoms with E-state index in [0.717, 1.165) is 32.6 Å². The van der Waals surface area contributed by atoms with Crippen LogP contribution in [-0.2, 0) is 0 Å². The fourth-order valence-corrected chi connectivity index (χ4v) is 3.96. The number of nitrogens with one attached hydrogen (secondary N) is 1. The van der Waals surface area contributed by atoms with E-state index in [-0.39, 0.29) is 5.91 Å². The molecule has 4 rings (SSSR count). The number of pyridine rings is 1. The standard InChI is InChI=1S/C19H14BrN3OS/c1-12-3-2-8-23-10-16(22-18(12)23)13-4-6-15(7-5-13)21-19(24)17-9-14(20)11-25-17/h2-11H,1H3,(H,21,24). The van der Waals surface area contributed by atoms with E-state index in [1.807, 2.05) is 71.6 Å². The number of hydrogen-bond donors (Lipinski definition) is 1. The van der Waals surface area contributed by atoms with Gasteiger partial charge in [0.15, 0.2) is 0 Å². The van der Waals surface area contributed by atoms with Crippen molar-refractivity contribution in [2.45, 2.75) is 6.92 Å². The summed E-state index contributed by atoms with van der Waals surface area (Å²) in [7, 11) is 0. The van der Waals surface area contributed by atoms with E-state index < -0.39 is 0 Å². The van der Waals surface area contributed by atoms with Gasteiger partial charge in [0.2, 0.25) is 0 Å². The molecular weight excluding hydrogens is 398 g/mol. The van der Waals surface area contributed by atoms with Crippen molar-refractivity contribution in [2.75, 3.05) is 5.32 Å². The molecule has 0 fully saturated rings. The topological polar surface area (TPSA) is 46.4 Å². The maximum atomic E-state index is 12.2. The maximum Gasteiger partial charge on any atom is 0.265 e. The quantitative estimate of drug-likeness (QED) is 0.491. The molecule has 0 unspecified atom stereocenters. The van der Waals surface area contributed by atoms with Crippen molar-refractivity contribution >= 4 is 44.5 Å². The van der Waals surface area contributed by atoms with E-state index >= 15 is 0 Å². The van der Waals surface area contributed by atoms with Crippen molar-refractivity contribution < 1.29 is 4.79 Å². The van der Waals surface area contributed by atoms with Crippen LogP contribution in [0.15, 0.2) is 64.7 Å². The first-order valence-corrected chi connectivity index (χ1v) is 9.37. The van der Waals surface area contributed by atoms with E-state index in [4.69, 9.17) is 4.98 Å². The smallest absolute Gasteiger partial charge is 0.265 e. The summed E-state index contributed by atoms with van der Waals surface area (Å²) in [6.07, 6.45) is 4.01. The summed E-state index contributed by atoms with van der Waals surface area (Å²) in [5.74, 6) is -0.105. The highest BCUT2D eigenvalue weighted by molar-refractivity contribution is 9.10. The van der Waals surface area contributed by atoms with E-state index in [0.29, 0.717) is 4.88 Å². The van der Waals surface area contributed by atoms with Crippen LogP contribution in [0, 0.1) is 6.92 Å². The Kier molecular flexibility index (Phi) is 4.15. The number of aryl methyl sites for hydroxylation is 1. The summed E-state index contributed by atoms with van der Waals surface area (Å²) in [6.45, 7) is 2.05. The molecule has 0 spiro atoms. The highest BCUT2D eigenvalue weighted by Crippen LogP contribution is 2.24. The van der Waals surface area contributed by atoms with Gasteiger partial charge >= 0.3 is 0 Å². The molecule has 0 bridgehead atoms. The highest BCUT2D eigenvalue weighted by Gasteiger charge is 2.10. The van der Waals surface area contributed by atoms with Gasteiger partial charge in [0.05, 0.1) is 10.6 Å². The van der Waals surface area contributed by atoms with Gasteiger partial charge in [-0.1, -0.05) is 18.2 Å². The predicted octanol–water partition coefficient (Wildman–Crippen LogP) is 5.39. The minimum Gasteiger partial charge on any atom is -0.321 e. The van der Waals surface area contributed by atoms with Crippen LogP contribution in [0.2, 0.25) is 0 Å². The number of nitrogens with zero attached hydrogens (tertiary/aromatic N) is 2. The molecule has 6 heteroatoms. The molecule has 3 aromatic heterocycles. The Morgan fingerprint density at radius 1 is 1.24 bits per heavy atom. The summed E-state index contributed by atoms with van der Waals surface area (Å²) in [5.41, 5.74) is 4.78. The number of amides is 1. The number of imidazole rings is 1. The van der Waals surface area contributed by atoms with Crippen LogP contribution in [-0.4, -0.2) is 15.3 Å². The molecule has 0 aliphatic carbocycles. The fourth-order valence-electron chi connectivity index (χ4n) is 2.64. The van der Waals surface area contributed by atoms with Crippen LogP contribution in [0.4, 0.5) is 5.69 Å². The Balaban J connectivity index is 1.57. The molecule has 25 heavy (non-hydrogen) atoms. The molecular formula is C19H14BrN3OS. The van der Waals surface area contributed by atoms with Gasteiger partial charge in [-0.05, 0) is 52.7 Å². The Morgan fingerprint density at radius 2 is 2.04 bits per heavy atom. The van der Waals surface area contributed by atoms with E-state index in [1.165, 1.54) is 11.3 Å². The molecule has 0 radical (unpaired) electrons. The number of halogens is 1. The third kappa shape index (κ3) is 3.23. The Morgan fingerprint density at radius 3 is 2.72 bits per heavy atom. The second-order valence-electron chi connectivity index (χ2n) is 5.71. The molecule has 0 aliphatic heterocycles. The SMILES string of the molecule is Cc1cccn2cc(-c3ccc(NC(=O)c4cc(Br)cs4)cc3)nc12. The number of anilines is 1. The van der Waals surface area contributed by atoms with Gasteiger partial charge in [0.25, 0.3) is 5.91 Å². The van der Waals surface area contributed by atoms with E-state index in [9.17, 15) is 4.79 Å². The number of aromatic nitrogens is 2. The molecule has 1 N–H and O–H groups in total. The predicted molar refractivity (Wildman–Crippen MR) is 105 cm³/mol. The van der Waals surface area contributed by atoms with E-state index in [2.05, 4.69) is 21.2 Å². The van der Waals surface area contributed by atoms with Crippen molar-refractivity contribution in [3.05, 3.63) is 75.2 Å². The molecule has 4 aromatic rings. The van der Waals surface area contributed by atoms with Gasteiger partial charge in [-0.2, -0.15) is 0 Å². The molecule has 4 nitrogen and oxygen atoms in total. The first-order valence-electron chi connectivity index (χ1n) is 7.70. The molecule has 124 valence electrons. The molecule has 0 atom stereocenters. The number of hydrogen-bond acceptors (Lipinski definition) is 3. The van der Waals surface area contributed by atoms with Crippen molar-refractivity contribution in [3.8, 4) is 11.3 Å². The lowest BCUT2D eigenvalue weighted by Crippen LogP contribution is -2.09. The number of benzene rings is 1. The third-order valence-electron chi connectivity index (χ3n) is 3.91. The first kappa shape index (κ1) is 16.1. The van der Waals surface area contributed by atoms with Crippen LogP contribution in [0.3, 0.4) is 0 Å². The minimum atomic E-state index is -0.105. The third-order valence-corrected chi connectivity index (χ3v) is 5.60. The number of carbonyl (C=O) groups is 1. The summed E-state index contributed by atoms with van der Waals surface area (Å²) in [5, 5.41) is 4.80. The molecule has 0 saturated carbocycles. The summed E-state index contributed by atoms with van der Waals surface area (Å²) in [4.78, 5) is 17.6. The van der Waals surface area contributed by atoms with Crippen LogP contribution in [0.1, 0.15) is 15.2 Å². The Labute approximate surface area is 157 Å². The van der Waals surface area contributed by atoms with Gasteiger partial charge < -0.3 is 9.72 Å². The summed E-state index contributed by atoms with van der Waals surface area (Å²) in [6, 6.07) is 13.6. The lowest BCUT2D eigenvalue weighted by atomic mass is 10.1. The van der Waals surface area contributed by atoms with E-state index in [1.54, 1.807) is 0 Å². The van der Waals surface area contributed by atoms with Gasteiger partial charge in [-0.3, -0.25) is 4.79 Å². The van der Waals surface area contributed by atoms with Crippen molar-refractivity contribution in [3.63, 3.8) is 0 Å². The zero-order chi connectivity index (χ0) is 17.4. The average Bonchev–Trinajstić information content (AvgIpc) is 3.23. The summed E-state index contributed by atoms with van der Waals surface area (Å²) < 4.78 is 2.94.